The molecule has 0 saturated heterocycles. The maximum absolute atomic E-state index is 14.2. The molecular weight excluding hydrogens is 221 g/mol. The van der Waals surface area contributed by atoms with Crippen molar-refractivity contribution in [3.8, 4) is 11.5 Å². The molecule has 0 saturated carbocycles. The first-order valence-electron chi connectivity index (χ1n) is 5.76. The van der Waals surface area contributed by atoms with Crippen LogP contribution in [0.2, 0.25) is 0 Å². The highest BCUT2D eigenvalue weighted by molar-refractivity contribution is 5.51. The topological polar surface area (TPSA) is 44.5 Å². The van der Waals surface area contributed by atoms with E-state index in [4.69, 9.17) is 15.2 Å². The molecule has 94 valence electrons. The first-order chi connectivity index (χ1) is 7.93. The van der Waals surface area contributed by atoms with Gasteiger partial charge in [-0.2, -0.15) is 0 Å². The lowest BCUT2D eigenvalue weighted by Gasteiger charge is -2.22. The van der Waals surface area contributed by atoms with Crippen LogP contribution in [0.15, 0.2) is 12.1 Å². The maximum Gasteiger partial charge on any atom is 0.231 e. The summed E-state index contributed by atoms with van der Waals surface area (Å²) in [6, 6.07) is 3.57. The fourth-order valence-electron chi connectivity index (χ4n) is 2.01. The van der Waals surface area contributed by atoms with Gasteiger partial charge in [0.1, 0.15) is 5.67 Å². The first kappa shape index (κ1) is 12.2. The summed E-state index contributed by atoms with van der Waals surface area (Å²) in [7, 11) is 0. The van der Waals surface area contributed by atoms with Crippen molar-refractivity contribution in [2.75, 3.05) is 13.3 Å². The predicted molar refractivity (Wildman–Crippen MR) is 64.2 cm³/mol. The fraction of sp³-hybridized carbons (Fsp3) is 0.538. The van der Waals surface area contributed by atoms with Crippen LogP contribution in [-0.4, -0.2) is 13.3 Å². The average Bonchev–Trinajstić information content (AvgIpc) is 2.72. The smallest absolute Gasteiger partial charge is 0.231 e. The Morgan fingerprint density at radius 1 is 1.35 bits per heavy atom. The Hall–Kier alpha value is -1.29. The van der Waals surface area contributed by atoms with E-state index in [1.54, 1.807) is 6.07 Å². The quantitative estimate of drug-likeness (QED) is 0.882. The molecule has 0 amide bonds. The lowest BCUT2D eigenvalue weighted by molar-refractivity contribution is 0.173. The largest absolute Gasteiger partial charge is 0.454 e. The maximum atomic E-state index is 14.2. The van der Waals surface area contributed by atoms with Gasteiger partial charge in [0, 0.05) is 0 Å². The highest BCUT2D eigenvalue weighted by Gasteiger charge is 2.28. The lowest BCUT2D eigenvalue weighted by atomic mass is 9.87. The molecular formula is C13H18FNO2. The normalized spacial score (nSPS) is 16.1. The molecule has 3 nitrogen and oxygen atoms in total. The van der Waals surface area contributed by atoms with Gasteiger partial charge < -0.3 is 15.2 Å². The second kappa shape index (κ2) is 4.18. The van der Waals surface area contributed by atoms with Crippen LogP contribution >= 0.6 is 0 Å². The number of benzene rings is 1. The molecule has 0 bridgehead atoms. The van der Waals surface area contributed by atoms with Crippen LogP contribution in [0.5, 0.6) is 11.5 Å². The Morgan fingerprint density at radius 3 is 2.47 bits per heavy atom. The highest BCUT2D eigenvalue weighted by atomic mass is 19.1. The molecule has 1 atom stereocenters. The Labute approximate surface area is 101 Å². The van der Waals surface area contributed by atoms with E-state index >= 15 is 0 Å². The van der Waals surface area contributed by atoms with Crippen molar-refractivity contribution in [3.63, 3.8) is 0 Å². The molecule has 4 heteroatoms. The van der Waals surface area contributed by atoms with E-state index in [0.717, 1.165) is 5.56 Å². The van der Waals surface area contributed by atoms with Crippen molar-refractivity contribution in [1.29, 1.82) is 0 Å². The minimum absolute atomic E-state index is 0.0922. The van der Waals surface area contributed by atoms with E-state index < -0.39 is 5.67 Å². The van der Waals surface area contributed by atoms with Gasteiger partial charge in [0.25, 0.3) is 0 Å². The van der Waals surface area contributed by atoms with Crippen LogP contribution in [0.1, 0.15) is 37.8 Å². The Morgan fingerprint density at radius 2 is 1.94 bits per heavy atom. The molecule has 0 radical (unpaired) electrons. The molecule has 0 aromatic heterocycles. The Balaban J connectivity index is 2.55. The van der Waals surface area contributed by atoms with Crippen LogP contribution in [-0.2, 0) is 5.67 Å². The zero-order valence-corrected chi connectivity index (χ0v) is 10.4. The zero-order chi connectivity index (χ0) is 12.6. The Bertz CT molecular complexity index is 426. The van der Waals surface area contributed by atoms with E-state index in [2.05, 4.69) is 0 Å². The van der Waals surface area contributed by atoms with Gasteiger partial charge >= 0.3 is 0 Å². The van der Waals surface area contributed by atoms with Gasteiger partial charge in [-0.25, -0.2) is 4.39 Å². The molecule has 2 N–H and O–H groups in total. The van der Waals surface area contributed by atoms with Crippen molar-refractivity contribution in [1.82, 2.24) is 0 Å². The van der Waals surface area contributed by atoms with Gasteiger partial charge in [0.05, 0.1) is 0 Å². The summed E-state index contributed by atoms with van der Waals surface area (Å²) in [6.45, 7) is 5.73. The molecule has 1 aromatic carbocycles. The highest BCUT2D eigenvalue weighted by Crippen LogP contribution is 2.41. The molecule has 1 unspecified atom stereocenters. The molecule has 1 aliphatic heterocycles. The predicted octanol–water partition coefficient (Wildman–Crippen LogP) is 2.68. The van der Waals surface area contributed by atoms with Gasteiger partial charge in [-0.15, -0.1) is 0 Å². The molecule has 2 rings (SSSR count). The third kappa shape index (κ3) is 2.22. The number of fused-ring (bicyclic) bond motifs is 1. The first-order valence-corrected chi connectivity index (χ1v) is 5.76. The third-order valence-corrected chi connectivity index (χ3v) is 3.07. The number of hydrogen-bond acceptors (Lipinski definition) is 3. The zero-order valence-electron chi connectivity index (χ0n) is 10.4. The Kier molecular flexibility index (Phi) is 3.00. The van der Waals surface area contributed by atoms with Crippen LogP contribution < -0.4 is 15.2 Å². The minimum atomic E-state index is -1.42. The number of hydrogen-bond donors (Lipinski definition) is 1. The van der Waals surface area contributed by atoms with Gasteiger partial charge in [-0.1, -0.05) is 6.92 Å². The monoisotopic (exact) mass is 239 g/mol. The van der Waals surface area contributed by atoms with E-state index in [0.29, 0.717) is 23.6 Å². The molecule has 0 fully saturated rings. The summed E-state index contributed by atoms with van der Waals surface area (Å²) in [6.07, 6.45) is 0. The van der Waals surface area contributed by atoms with Crippen molar-refractivity contribution < 1.29 is 13.9 Å². The number of ether oxygens (including phenoxy) is 2. The summed E-state index contributed by atoms with van der Waals surface area (Å²) < 4.78 is 24.8. The number of alkyl halides is 1. The van der Waals surface area contributed by atoms with Crippen LogP contribution in [0, 0.1) is 0 Å². The van der Waals surface area contributed by atoms with Gasteiger partial charge in [-0.05, 0) is 49.6 Å². The number of nitrogens with two attached hydrogens (primary N) is 1. The summed E-state index contributed by atoms with van der Waals surface area (Å²) >= 11 is 0. The fourth-order valence-corrected chi connectivity index (χ4v) is 2.01. The summed E-state index contributed by atoms with van der Waals surface area (Å²) in [5, 5.41) is 0. The third-order valence-electron chi connectivity index (χ3n) is 3.07. The van der Waals surface area contributed by atoms with Gasteiger partial charge in [0.15, 0.2) is 11.5 Å². The van der Waals surface area contributed by atoms with Crippen molar-refractivity contribution >= 4 is 0 Å². The summed E-state index contributed by atoms with van der Waals surface area (Å²) in [5.41, 5.74) is 5.77. The minimum Gasteiger partial charge on any atom is -0.454 e. The molecule has 1 heterocycles. The lowest BCUT2D eigenvalue weighted by Crippen LogP contribution is -2.17. The van der Waals surface area contributed by atoms with Crippen molar-refractivity contribution in [3.05, 3.63) is 23.3 Å². The average molecular weight is 239 g/mol. The molecule has 1 aromatic rings. The summed E-state index contributed by atoms with van der Waals surface area (Å²) in [5.74, 6) is 1.38. The van der Waals surface area contributed by atoms with Crippen molar-refractivity contribution in [2.45, 2.75) is 32.4 Å². The van der Waals surface area contributed by atoms with Crippen LogP contribution in [0.25, 0.3) is 0 Å². The van der Waals surface area contributed by atoms with E-state index in [9.17, 15) is 4.39 Å². The second-order valence-corrected chi connectivity index (χ2v) is 4.90. The second-order valence-electron chi connectivity index (χ2n) is 4.90. The SMILES string of the molecule is CC(CN)c1cc2c(cc1C(C)(C)F)OCO2. The van der Waals surface area contributed by atoms with E-state index in [-0.39, 0.29) is 12.7 Å². The van der Waals surface area contributed by atoms with Gasteiger partial charge in [-0.3, -0.25) is 0 Å². The van der Waals surface area contributed by atoms with Gasteiger partial charge in [0.2, 0.25) is 6.79 Å². The molecule has 1 aliphatic rings. The molecule has 17 heavy (non-hydrogen) atoms. The summed E-state index contributed by atoms with van der Waals surface area (Å²) in [4.78, 5) is 0. The van der Waals surface area contributed by atoms with E-state index in [1.807, 2.05) is 13.0 Å². The number of rotatable bonds is 3. The molecule has 0 aliphatic carbocycles. The van der Waals surface area contributed by atoms with Crippen molar-refractivity contribution in [2.24, 2.45) is 5.73 Å². The standard InChI is InChI=1S/C13H18FNO2/c1-8(6-15)9-4-11-12(17-7-16-11)5-10(9)13(2,3)14/h4-5,8H,6-7,15H2,1-3H3. The van der Waals surface area contributed by atoms with E-state index in [1.165, 1.54) is 13.8 Å². The molecule has 0 spiro atoms. The van der Waals surface area contributed by atoms with Crippen LogP contribution in [0.3, 0.4) is 0 Å². The van der Waals surface area contributed by atoms with Crippen LogP contribution in [0.4, 0.5) is 4.39 Å². The number of halogens is 1.